The van der Waals surface area contributed by atoms with Crippen LogP contribution in [0.15, 0.2) is 30.6 Å². The molecular weight excluding hydrogens is 243 g/mol. The number of benzene rings is 1. The molecule has 4 heteroatoms. The number of aliphatic hydroxyl groups excluding tert-OH is 1. The Kier molecular flexibility index (Phi) is 4.32. The second-order valence-corrected chi connectivity index (χ2v) is 4.76. The van der Waals surface area contributed by atoms with Gasteiger partial charge in [-0.15, -0.1) is 0 Å². The summed E-state index contributed by atoms with van der Waals surface area (Å²) in [4.78, 5) is 4.26. The first-order valence-electron chi connectivity index (χ1n) is 6.56. The van der Waals surface area contributed by atoms with Crippen LogP contribution in [0, 0.1) is 12.7 Å². The van der Waals surface area contributed by atoms with Crippen molar-refractivity contribution in [3.8, 4) is 0 Å². The molecule has 0 saturated carbocycles. The van der Waals surface area contributed by atoms with Gasteiger partial charge in [0.2, 0.25) is 0 Å². The van der Waals surface area contributed by atoms with E-state index in [9.17, 15) is 9.50 Å². The van der Waals surface area contributed by atoms with E-state index in [0.717, 1.165) is 24.4 Å². The van der Waals surface area contributed by atoms with Crippen LogP contribution < -0.4 is 0 Å². The Balaban J connectivity index is 2.18. The predicted molar refractivity (Wildman–Crippen MR) is 72.3 cm³/mol. The van der Waals surface area contributed by atoms with Crippen molar-refractivity contribution in [3.05, 3.63) is 53.4 Å². The molecular formula is C15H19FN2O. The minimum absolute atomic E-state index is 0.323. The summed E-state index contributed by atoms with van der Waals surface area (Å²) in [6.45, 7) is 4.84. The summed E-state index contributed by atoms with van der Waals surface area (Å²) in [7, 11) is 0. The lowest BCUT2D eigenvalue weighted by Crippen LogP contribution is -2.10. The molecule has 0 bridgehead atoms. The third-order valence-corrected chi connectivity index (χ3v) is 3.24. The standard InChI is InChI=1S/C15H19FN2O/c1-3-7-18-8-6-17-15(18)10-14(19)13-9-12(16)5-4-11(13)2/h4-6,8-9,14,19H,3,7,10H2,1-2H3. The molecule has 102 valence electrons. The Morgan fingerprint density at radius 3 is 2.95 bits per heavy atom. The number of nitrogens with zero attached hydrogens (tertiary/aromatic N) is 2. The maximum atomic E-state index is 13.3. The summed E-state index contributed by atoms with van der Waals surface area (Å²) in [5.41, 5.74) is 1.52. The van der Waals surface area contributed by atoms with Gasteiger partial charge in [0.05, 0.1) is 6.10 Å². The first-order valence-corrected chi connectivity index (χ1v) is 6.56. The third kappa shape index (κ3) is 3.20. The summed E-state index contributed by atoms with van der Waals surface area (Å²) < 4.78 is 15.3. The second kappa shape index (κ2) is 5.97. The van der Waals surface area contributed by atoms with Gasteiger partial charge in [-0.3, -0.25) is 0 Å². The van der Waals surface area contributed by atoms with Crippen molar-refractivity contribution in [1.82, 2.24) is 9.55 Å². The van der Waals surface area contributed by atoms with Gasteiger partial charge in [0.25, 0.3) is 0 Å². The van der Waals surface area contributed by atoms with Gasteiger partial charge < -0.3 is 9.67 Å². The van der Waals surface area contributed by atoms with Crippen LogP contribution in [0.3, 0.4) is 0 Å². The number of hydrogen-bond acceptors (Lipinski definition) is 2. The molecule has 0 aliphatic rings. The molecule has 0 radical (unpaired) electrons. The molecule has 1 aromatic heterocycles. The zero-order valence-electron chi connectivity index (χ0n) is 11.3. The monoisotopic (exact) mass is 262 g/mol. The van der Waals surface area contributed by atoms with Gasteiger partial charge in [0, 0.05) is 25.4 Å². The Labute approximate surface area is 112 Å². The maximum absolute atomic E-state index is 13.3. The topological polar surface area (TPSA) is 38.0 Å². The van der Waals surface area contributed by atoms with Crippen molar-refractivity contribution in [2.75, 3.05) is 0 Å². The van der Waals surface area contributed by atoms with Crippen molar-refractivity contribution in [3.63, 3.8) is 0 Å². The molecule has 1 unspecified atom stereocenters. The Morgan fingerprint density at radius 2 is 2.21 bits per heavy atom. The minimum atomic E-state index is -0.728. The molecule has 0 spiro atoms. The number of rotatable bonds is 5. The lowest BCUT2D eigenvalue weighted by atomic mass is 10.0. The fourth-order valence-corrected chi connectivity index (χ4v) is 2.23. The fraction of sp³-hybridized carbons (Fsp3) is 0.400. The summed E-state index contributed by atoms with van der Waals surface area (Å²) >= 11 is 0. The quantitative estimate of drug-likeness (QED) is 0.899. The second-order valence-electron chi connectivity index (χ2n) is 4.76. The highest BCUT2D eigenvalue weighted by atomic mass is 19.1. The first kappa shape index (κ1) is 13.7. The molecule has 0 aliphatic carbocycles. The van der Waals surface area contributed by atoms with Gasteiger partial charge in [-0.05, 0) is 36.6 Å². The van der Waals surface area contributed by atoms with E-state index in [1.807, 2.05) is 17.7 Å². The van der Waals surface area contributed by atoms with Gasteiger partial charge in [-0.1, -0.05) is 13.0 Å². The van der Waals surface area contributed by atoms with E-state index in [4.69, 9.17) is 0 Å². The molecule has 1 heterocycles. The Bertz CT molecular complexity index is 551. The number of hydrogen-bond donors (Lipinski definition) is 1. The van der Waals surface area contributed by atoms with Crippen LogP contribution in [0.25, 0.3) is 0 Å². The minimum Gasteiger partial charge on any atom is -0.388 e. The Morgan fingerprint density at radius 1 is 1.42 bits per heavy atom. The van der Waals surface area contributed by atoms with Crippen LogP contribution in [0.1, 0.15) is 36.4 Å². The van der Waals surface area contributed by atoms with Crippen LogP contribution in [-0.2, 0) is 13.0 Å². The van der Waals surface area contributed by atoms with Crippen LogP contribution >= 0.6 is 0 Å². The van der Waals surface area contributed by atoms with Gasteiger partial charge in [0.15, 0.2) is 0 Å². The molecule has 0 fully saturated rings. The highest BCUT2D eigenvalue weighted by Gasteiger charge is 2.15. The normalized spacial score (nSPS) is 12.6. The molecule has 1 aromatic carbocycles. The van der Waals surface area contributed by atoms with Crippen molar-refractivity contribution < 1.29 is 9.50 Å². The van der Waals surface area contributed by atoms with Crippen LogP contribution in [0.5, 0.6) is 0 Å². The van der Waals surface area contributed by atoms with Crippen molar-refractivity contribution in [2.24, 2.45) is 0 Å². The largest absolute Gasteiger partial charge is 0.388 e. The van der Waals surface area contributed by atoms with Gasteiger partial charge in [0.1, 0.15) is 11.6 Å². The maximum Gasteiger partial charge on any atom is 0.123 e. The van der Waals surface area contributed by atoms with E-state index in [1.54, 1.807) is 12.3 Å². The SMILES string of the molecule is CCCn1ccnc1CC(O)c1cc(F)ccc1C. The van der Waals surface area contributed by atoms with E-state index in [2.05, 4.69) is 11.9 Å². The average molecular weight is 262 g/mol. The number of aliphatic hydroxyl groups is 1. The molecule has 0 amide bonds. The van der Waals surface area contributed by atoms with Gasteiger partial charge >= 0.3 is 0 Å². The molecule has 2 aromatic rings. The molecule has 1 atom stereocenters. The van der Waals surface area contributed by atoms with Crippen molar-refractivity contribution in [2.45, 2.75) is 39.3 Å². The van der Waals surface area contributed by atoms with Crippen molar-refractivity contribution >= 4 is 0 Å². The molecule has 1 N–H and O–H groups in total. The number of aryl methyl sites for hydroxylation is 2. The summed E-state index contributed by atoms with van der Waals surface area (Å²) in [6, 6.07) is 4.49. The van der Waals surface area contributed by atoms with E-state index < -0.39 is 6.10 Å². The first-order chi connectivity index (χ1) is 9.11. The smallest absolute Gasteiger partial charge is 0.123 e. The number of aromatic nitrogens is 2. The van der Waals surface area contributed by atoms with Crippen LogP contribution in [-0.4, -0.2) is 14.7 Å². The zero-order chi connectivity index (χ0) is 13.8. The lowest BCUT2D eigenvalue weighted by molar-refractivity contribution is 0.173. The highest BCUT2D eigenvalue weighted by Crippen LogP contribution is 2.22. The van der Waals surface area contributed by atoms with Crippen LogP contribution in [0.2, 0.25) is 0 Å². The molecule has 0 saturated heterocycles. The molecule has 0 aliphatic heterocycles. The molecule has 3 nitrogen and oxygen atoms in total. The average Bonchev–Trinajstić information content (AvgIpc) is 2.80. The zero-order valence-corrected chi connectivity index (χ0v) is 11.3. The number of imidazole rings is 1. The Hall–Kier alpha value is -1.68. The van der Waals surface area contributed by atoms with E-state index in [-0.39, 0.29) is 5.82 Å². The third-order valence-electron chi connectivity index (χ3n) is 3.24. The summed E-state index contributed by atoms with van der Waals surface area (Å²) in [5, 5.41) is 10.3. The van der Waals surface area contributed by atoms with Crippen LogP contribution in [0.4, 0.5) is 4.39 Å². The highest BCUT2D eigenvalue weighted by molar-refractivity contribution is 5.29. The fourth-order valence-electron chi connectivity index (χ4n) is 2.23. The summed E-state index contributed by atoms with van der Waals surface area (Å²) in [6.07, 6.45) is 4.32. The van der Waals surface area contributed by atoms with E-state index in [0.29, 0.717) is 12.0 Å². The molecule has 19 heavy (non-hydrogen) atoms. The van der Waals surface area contributed by atoms with Gasteiger partial charge in [-0.2, -0.15) is 0 Å². The molecule has 2 rings (SSSR count). The summed E-state index contributed by atoms with van der Waals surface area (Å²) in [5.74, 6) is 0.509. The van der Waals surface area contributed by atoms with E-state index >= 15 is 0 Å². The predicted octanol–water partition coefficient (Wildman–Crippen LogP) is 3.02. The van der Waals surface area contributed by atoms with E-state index in [1.165, 1.54) is 12.1 Å². The lowest BCUT2D eigenvalue weighted by Gasteiger charge is -2.14. The number of halogens is 1. The van der Waals surface area contributed by atoms with Crippen molar-refractivity contribution in [1.29, 1.82) is 0 Å². The van der Waals surface area contributed by atoms with Gasteiger partial charge in [-0.25, -0.2) is 9.37 Å².